The summed E-state index contributed by atoms with van der Waals surface area (Å²) in [6, 6.07) is 9.96. The van der Waals surface area contributed by atoms with E-state index < -0.39 is 5.97 Å². The third kappa shape index (κ3) is 4.35. The van der Waals surface area contributed by atoms with Crippen LogP contribution in [0.15, 0.2) is 30.3 Å². The molecule has 1 N–H and O–H groups in total. The number of benzene rings is 1. The van der Waals surface area contributed by atoms with Crippen LogP contribution >= 0.6 is 0 Å². The molecule has 1 atom stereocenters. The van der Waals surface area contributed by atoms with Gasteiger partial charge in [0.2, 0.25) is 11.8 Å². The Hall–Kier alpha value is -2.83. The van der Waals surface area contributed by atoms with Crippen LogP contribution in [0, 0.1) is 6.92 Å². The Morgan fingerprint density at radius 3 is 2.64 bits per heavy atom. The molecular weight excluding hydrogens is 358 g/mol. The van der Waals surface area contributed by atoms with Crippen molar-refractivity contribution in [2.45, 2.75) is 45.7 Å². The van der Waals surface area contributed by atoms with Gasteiger partial charge in [-0.1, -0.05) is 18.2 Å². The van der Waals surface area contributed by atoms with Crippen LogP contribution in [0.25, 0.3) is 10.9 Å². The third-order valence-electron chi connectivity index (χ3n) is 5.51. The van der Waals surface area contributed by atoms with E-state index in [9.17, 15) is 14.4 Å². The standard InChI is InChI=1S/C21H27N3O4/c1-15-12-17-6-3-4-8-19(17)23(15)13-20(26)22-10-5-7-18(9-11-22)24(16(2)25)14-21(27)28/h3-4,6,8,12,18H,5,7,9-11,13-14H2,1-2H3,(H,27,28). The lowest BCUT2D eigenvalue weighted by atomic mass is 10.1. The summed E-state index contributed by atoms with van der Waals surface area (Å²) in [5, 5.41) is 10.2. The van der Waals surface area contributed by atoms with Crippen LogP contribution in [-0.4, -0.2) is 62.9 Å². The van der Waals surface area contributed by atoms with Crippen LogP contribution in [0.4, 0.5) is 0 Å². The fraction of sp³-hybridized carbons (Fsp3) is 0.476. The predicted molar refractivity (Wildman–Crippen MR) is 106 cm³/mol. The van der Waals surface area contributed by atoms with E-state index in [1.807, 2.05) is 40.7 Å². The maximum absolute atomic E-state index is 12.9. The number of amides is 2. The molecule has 7 nitrogen and oxygen atoms in total. The second-order valence-corrected chi connectivity index (χ2v) is 7.44. The quantitative estimate of drug-likeness (QED) is 0.856. The largest absolute Gasteiger partial charge is 0.480 e. The molecule has 0 saturated carbocycles. The number of carbonyl (C=O) groups is 3. The zero-order chi connectivity index (χ0) is 20.3. The molecule has 1 unspecified atom stereocenters. The summed E-state index contributed by atoms with van der Waals surface area (Å²) >= 11 is 0. The molecule has 150 valence electrons. The van der Waals surface area contributed by atoms with Crippen LogP contribution in [0.2, 0.25) is 0 Å². The highest BCUT2D eigenvalue weighted by Gasteiger charge is 2.27. The summed E-state index contributed by atoms with van der Waals surface area (Å²) in [5.74, 6) is -1.19. The van der Waals surface area contributed by atoms with Gasteiger partial charge in [0.25, 0.3) is 0 Å². The Morgan fingerprint density at radius 1 is 1.18 bits per heavy atom. The summed E-state index contributed by atoms with van der Waals surface area (Å²) < 4.78 is 2.03. The van der Waals surface area contributed by atoms with E-state index >= 15 is 0 Å². The summed E-state index contributed by atoms with van der Waals surface area (Å²) in [6.07, 6.45) is 2.07. The Labute approximate surface area is 164 Å². The zero-order valence-corrected chi connectivity index (χ0v) is 16.4. The number of nitrogens with zero attached hydrogens (tertiary/aromatic N) is 3. The first-order chi connectivity index (χ1) is 13.4. The van der Waals surface area contributed by atoms with Crippen LogP contribution in [-0.2, 0) is 20.9 Å². The fourth-order valence-corrected chi connectivity index (χ4v) is 4.08. The summed E-state index contributed by atoms with van der Waals surface area (Å²) in [7, 11) is 0. The Kier molecular flexibility index (Phi) is 6.02. The first kappa shape index (κ1) is 19.9. The van der Waals surface area contributed by atoms with Crippen LogP contribution < -0.4 is 0 Å². The summed E-state index contributed by atoms with van der Waals surface area (Å²) in [6.45, 7) is 4.56. The van der Waals surface area contributed by atoms with E-state index in [2.05, 4.69) is 6.07 Å². The van der Waals surface area contributed by atoms with Gasteiger partial charge in [0.1, 0.15) is 13.1 Å². The topological polar surface area (TPSA) is 82.8 Å². The molecule has 1 aromatic carbocycles. The van der Waals surface area contributed by atoms with Crippen molar-refractivity contribution in [3.8, 4) is 0 Å². The SMILES string of the molecule is CC(=O)N(CC(=O)O)C1CCCN(C(=O)Cn2c(C)cc3ccccc32)CC1. The van der Waals surface area contributed by atoms with Crippen molar-refractivity contribution in [3.05, 3.63) is 36.0 Å². The number of hydrogen-bond acceptors (Lipinski definition) is 3. The average molecular weight is 385 g/mol. The van der Waals surface area contributed by atoms with Crippen molar-refractivity contribution < 1.29 is 19.5 Å². The highest BCUT2D eigenvalue weighted by Crippen LogP contribution is 2.21. The van der Waals surface area contributed by atoms with Crippen LogP contribution in [0.5, 0.6) is 0 Å². The van der Waals surface area contributed by atoms with Crippen molar-refractivity contribution in [2.24, 2.45) is 0 Å². The van der Waals surface area contributed by atoms with Crippen LogP contribution in [0.3, 0.4) is 0 Å². The molecule has 0 radical (unpaired) electrons. The maximum Gasteiger partial charge on any atom is 0.323 e. The first-order valence-corrected chi connectivity index (χ1v) is 9.68. The van der Waals surface area contributed by atoms with Gasteiger partial charge in [-0.05, 0) is 43.7 Å². The van der Waals surface area contributed by atoms with Gasteiger partial charge in [0, 0.05) is 37.3 Å². The number of fused-ring (bicyclic) bond motifs is 1. The number of para-hydroxylation sites is 1. The molecule has 1 saturated heterocycles. The second kappa shape index (κ2) is 8.46. The number of aryl methyl sites for hydroxylation is 1. The number of carboxylic acid groups (broad SMARTS) is 1. The van der Waals surface area contributed by atoms with Crippen molar-refractivity contribution in [1.82, 2.24) is 14.4 Å². The Balaban J connectivity index is 1.68. The minimum atomic E-state index is -1.01. The van der Waals surface area contributed by atoms with E-state index in [4.69, 9.17) is 5.11 Å². The first-order valence-electron chi connectivity index (χ1n) is 9.68. The molecule has 1 fully saturated rings. The van der Waals surface area contributed by atoms with Gasteiger partial charge in [-0.25, -0.2) is 0 Å². The zero-order valence-electron chi connectivity index (χ0n) is 16.4. The molecule has 1 aliphatic rings. The minimum absolute atomic E-state index is 0.0534. The average Bonchev–Trinajstić information content (AvgIpc) is 2.82. The van der Waals surface area contributed by atoms with Gasteiger partial charge in [-0.3, -0.25) is 14.4 Å². The predicted octanol–water partition coefficient (Wildman–Crippen LogP) is 2.26. The van der Waals surface area contributed by atoms with E-state index in [0.29, 0.717) is 25.9 Å². The molecule has 7 heteroatoms. The third-order valence-corrected chi connectivity index (χ3v) is 5.51. The van der Waals surface area contributed by atoms with Crippen molar-refractivity contribution >= 4 is 28.7 Å². The Bertz CT molecular complexity index is 889. The number of carbonyl (C=O) groups excluding carboxylic acids is 2. The van der Waals surface area contributed by atoms with E-state index in [-0.39, 0.29) is 30.9 Å². The smallest absolute Gasteiger partial charge is 0.323 e. The molecule has 0 spiro atoms. The van der Waals surface area contributed by atoms with E-state index in [1.54, 1.807) is 0 Å². The van der Waals surface area contributed by atoms with Crippen molar-refractivity contribution in [2.75, 3.05) is 19.6 Å². The van der Waals surface area contributed by atoms with Gasteiger partial charge < -0.3 is 19.5 Å². The monoisotopic (exact) mass is 385 g/mol. The highest BCUT2D eigenvalue weighted by atomic mass is 16.4. The lowest BCUT2D eigenvalue weighted by Crippen LogP contribution is -2.43. The second-order valence-electron chi connectivity index (χ2n) is 7.44. The maximum atomic E-state index is 12.9. The summed E-state index contributed by atoms with van der Waals surface area (Å²) in [4.78, 5) is 39.1. The number of carboxylic acids is 1. The number of hydrogen-bond donors (Lipinski definition) is 1. The number of aliphatic carboxylic acids is 1. The fourth-order valence-electron chi connectivity index (χ4n) is 4.08. The molecule has 0 aliphatic carbocycles. The van der Waals surface area contributed by atoms with Gasteiger partial charge in [-0.2, -0.15) is 0 Å². The van der Waals surface area contributed by atoms with E-state index in [1.165, 1.54) is 11.8 Å². The Morgan fingerprint density at radius 2 is 1.93 bits per heavy atom. The van der Waals surface area contributed by atoms with Gasteiger partial charge in [-0.15, -0.1) is 0 Å². The highest BCUT2D eigenvalue weighted by molar-refractivity contribution is 5.84. The molecule has 28 heavy (non-hydrogen) atoms. The van der Waals surface area contributed by atoms with Gasteiger partial charge >= 0.3 is 5.97 Å². The normalized spacial score (nSPS) is 17.4. The molecule has 3 rings (SSSR count). The molecule has 2 aromatic rings. The molecule has 2 amide bonds. The lowest BCUT2D eigenvalue weighted by Gasteiger charge is -2.29. The number of likely N-dealkylation sites (tertiary alicyclic amines) is 1. The van der Waals surface area contributed by atoms with Gasteiger partial charge in [0.15, 0.2) is 0 Å². The minimum Gasteiger partial charge on any atom is -0.480 e. The molecular formula is C21H27N3O4. The van der Waals surface area contributed by atoms with E-state index in [0.717, 1.165) is 23.0 Å². The van der Waals surface area contributed by atoms with Crippen LogP contribution in [0.1, 0.15) is 31.9 Å². The molecule has 0 bridgehead atoms. The number of aromatic nitrogens is 1. The molecule has 2 heterocycles. The summed E-state index contributed by atoms with van der Waals surface area (Å²) in [5.41, 5.74) is 2.09. The number of rotatable bonds is 5. The lowest BCUT2D eigenvalue weighted by molar-refractivity contribution is -0.145. The molecule has 1 aromatic heterocycles. The van der Waals surface area contributed by atoms with Gasteiger partial charge in [0.05, 0.1) is 0 Å². The van der Waals surface area contributed by atoms with Crippen molar-refractivity contribution in [1.29, 1.82) is 0 Å². The van der Waals surface area contributed by atoms with Crippen molar-refractivity contribution in [3.63, 3.8) is 0 Å². The molecule has 1 aliphatic heterocycles.